The number of piperazine rings is 1. The predicted octanol–water partition coefficient (Wildman–Crippen LogP) is 3.66. The Bertz CT molecular complexity index is 412. The largest absolute Gasteiger partial charge is 0.308 e. The number of hydrogen-bond acceptors (Lipinski definition) is 3. The van der Waals surface area contributed by atoms with Crippen LogP contribution in [-0.4, -0.2) is 29.6 Å². The van der Waals surface area contributed by atoms with Gasteiger partial charge in [-0.15, -0.1) is 11.3 Å². The Balaban J connectivity index is 1.80. The van der Waals surface area contributed by atoms with Crippen LogP contribution in [0.1, 0.15) is 51.0 Å². The van der Waals surface area contributed by atoms with Gasteiger partial charge in [-0.2, -0.15) is 0 Å². The summed E-state index contributed by atoms with van der Waals surface area (Å²) in [5.74, 6) is 0.906. The number of rotatable bonds is 4. The van der Waals surface area contributed by atoms with E-state index in [1.165, 1.54) is 30.7 Å². The van der Waals surface area contributed by atoms with Crippen LogP contribution in [0.25, 0.3) is 0 Å². The molecule has 3 rings (SSSR count). The van der Waals surface area contributed by atoms with E-state index in [0.717, 1.165) is 12.5 Å². The van der Waals surface area contributed by atoms with Crippen LogP contribution in [0.4, 0.5) is 0 Å². The van der Waals surface area contributed by atoms with Crippen molar-refractivity contribution in [3.05, 3.63) is 22.4 Å². The maximum Gasteiger partial charge on any atom is 0.0443 e. The predicted molar refractivity (Wildman–Crippen MR) is 82.7 cm³/mol. The molecular weight excluding hydrogens is 252 g/mol. The van der Waals surface area contributed by atoms with Gasteiger partial charge in [-0.25, -0.2) is 0 Å². The van der Waals surface area contributed by atoms with E-state index in [1.54, 1.807) is 0 Å². The van der Waals surface area contributed by atoms with Crippen LogP contribution >= 0.6 is 11.3 Å². The summed E-state index contributed by atoms with van der Waals surface area (Å²) >= 11 is 1.91. The summed E-state index contributed by atoms with van der Waals surface area (Å²) in [6.07, 6.45) is 4.05. The smallest absolute Gasteiger partial charge is 0.0443 e. The fourth-order valence-corrected chi connectivity index (χ4v) is 4.51. The van der Waals surface area contributed by atoms with Gasteiger partial charge in [0.2, 0.25) is 0 Å². The summed E-state index contributed by atoms with van der Waals surface area (Å²) in [5, 5.41) is 6.04. The third-order valence-corrected chi connectivity index (χ3v) is 5.99. The van der Waals surface area contributed by atoms with Gasteiger partial charge in [-0.3, -0.25) is 4.90 Å². The minimum Gasteiger partial charge on any atom is -0.308 e. The van der Waals surface area contributed by atoms with Crippen LogP contribution in [0.3, 0.4) is 0 Å². The average Bonchev–Trinajstić information content (AvgIpc) is 3.14. The topological polar surface area (TPSA) is 15.3 Å². The van der Waals surface area contributed by atoms with E-state index in [-0.39, 0.29) is 0 Å². The van der Waals surface area contributed by atoms with E-state index in [2.05, 4.69) is 48.5 Å². The van der Waals surface area contributed by atoms with E-state index in [4.69, 9.17) is 0 Å². The summed E-state index contributed by atoms with van der Waals surface area (Å²) in [5.41, 5.74) is 0.344. The molecule has 0 bridgehead atoms. The zero-order valence-electron chi connectivity index (χ0n) is 12.4. The number of nitrogens with zero attached hydrogens (tertiary/aromatic N) is 1. The standard InChI is InChI=1S/C16H26N2S/c1-4-14(15-6-5-9-19-15)18-11-16(3,13-7-8-13)17-10-12(18)2/h5-6,9,12-14,17H,4,7-8,10-11H2,1-3H3. The molecule has 1 N–H and O–H groups in total. The lowest BCUT2D eigenvalue weighted by molar-refractivity contribution is 0.0449. The van der Waals surface area contributed by atoms with Gasteiger partial charge in [-0.05, 0) is 50.5 Å². The maximum absolute atomic E-state index is 3.82. The van der Waals surface area contributed by atoms with Crippen LogP contribution in [-0.2, 0) is 0 Å². The van der Waals surface area contributed by atoms with Gasteiger partial charge in [0.15, 0.2) is 0 Å². The van der Waals surface area contributed by atoms with Crippen molar-refractivity contribution >= 4 is 11.3 Å². The summed E-state index contributed by atoms with van der Waals surface area (Å²) in [6, 6.07) is 5.74. The van der Waals surface area contributed by atoms with E-state index in [1.807, 2.05) is 11.3 Å². The second-order valence-electron chi connectivity index (χ2n) is 6.53. The molecule has 3 heteroatoms. The molecule has 1 aromatic rings. The van der Waals surface area contributed by atoms with Crippen LogP contribution in [0.2, 0.25) is 0 Å². The van der Waals surface area contributed by atoms with Crippen molar-refractivity contribution in [1.29, 1.82) is 0 Å². The molecule has 3 atom stereocenters. The minimum absolute atomic E-state index is 0.344. The van der Waals surface area contributed by atoms with Crippen molar-refractivity contribution in [1.82, 2.24) is 10.2 Å². The molecule has 1 aliphatic carbocycles. The summed E-state index contributed by atoms with van der Waals surface area (Å²) in [6.45, 7) is 9.47. The quantitative estimate of drug-likeness (QED) is 0.904. The normalized spacial score (nSPS) is 34.4. The van der Waals surface area contributed by atoms with Crippen molar-refractivity contribution in [2.45, 2.75) is 57.7 Å². The van der Waals surface area contributed by atoms with Crippen molar-refractivity contribution in [3.8, 4) is 0 Å². The van der Waals surface area contributed by atoms with Gasteiger partial charge >= 0.3 is 0 Å². The van der Waals surface area contributed by atoms with E-state index in [0.29, 0.717) is 17.6 Å². The molecule has 106 valence electrons. The molecular formula is C16H26N2S. The third-order valence-electron chi connectivity index (χ3n) is 5.02. The highest BCUT2D eigenvalue weighted by atomic mass is 32.1. The molecule has 0 amide bonds. The second kappa shape index (κ2) is 5.19. The Hall–Kier alpha value is -0.380. The molecule has 1 aromatic heterocycles. The summed E-state index contributed by atoms with van der Waals surface area (Å²) < 4.78 is 0. The van der Waals surface area contributed by atoms with Gasteiger partial charge in [-0.1, -0.05) is 13.0 Å². The first-order chi connectivity index (χ1) is 9.14. The van der Waals surface area contributed by atoms with E-state index < -0.39 is 0 Å². The molecule has 0 aromatic carbocycles. The zero-order chi connectivity index (χ0) is 13.5. The molecule has 1 aliphatic heterocycles. The summed E-state index contributed by atoms with van der Waals surface area (Å²) in [4.78, 5) is 4.29. The van der Waals surface area contributed by atoms with Gasteiger partial charge in [0.25, 0.3) is 0 Å². The second-order valence-corrected chi connectivity index (χ2v) is 7.51. The Morgan fingerprint density at radius 1 is 1.53 bits per heavy atom. The first-order valence-electron chi connectivity index (χ1n) is 7.68. The Kier molecular flexibility index (Phi) is 3.71. The molecule has 3 unspecified atom stereocenters. The van der Waals surface area contributed by atoms with Crippen LogP contribution in [0.15, 0.2) is 17.5 Å². The third kappa shape index (κ3) is 2.61. The van der Waals surface area contributed by atoms with Crippen LogP contribution in [0, 0.1) is 5.92 Å². The van der Waals surface area contributed by atoms with Crippen LogP contribution in [0.5, 0.6) is 0 Å². The lowest BCUT2D eigenvalue weighted by Crippen LogP contribution is -2.63. The number of thiophene rings is 1. The average molecular weight is 278 g/mol. The van der Waals surface area contributed by atoms with Gasteiger partial charge in [0.05, 0.1) is 0 Å². The Morgan fingerprint density at radius 2 is 2.32 bits per heavy atom. The van der Waals surface area contributed by atoms with Crippen molar-refractivity contribution in [3.63, 3.8) is 0 Å². The number of nitrogens with one attached hydrogen (secondary N) is 1. The van der Waals surface area contributed by atoms with Gasteiger partial charge < -0.3 is 5.32 Å². The van der Waals surface area contributed by atoms with E-state index >= 15 is 0 Å². The lowest BCUT2D eigenvalue weighted by atomic mass is 9.89. The SMILES string of the molecule is CCC(c1cccs1)N1CC(C)(C2CC2)NCC1C. The van der Waals surface area contributed by atoms with Crippen molar-refractivity contribution < 1.29 is 0 Å². The van der Waals surface area contributed by atoms with Crippen molar-refractivity contribution in [2.75, 3.05) is 13.1 Å². The van der Waals surface area contributed by atoms with E-state index in [9.17, 15) is 0 Å². The van der Waals surface area contributed by atoms with Gasteiger partial charge in [0, 0.05) is 35.6 Å². The fourth-order valence-electron chi connectivity index (χ4n) is 3.58. The highest BCUT2D eigenvalue weighted by Gasteiger charge is 2.46. The summed E-state index contributed by atoms with van der Waals surface area (Å²) in [7, 11) is 0. The molecule has 2 aliphatic rings. The molecule has 0 spiro atoms. The molecule has 19 heavy (non-hydrogen) atoms. The molecule has 2 fully saturated rings. The Labute approximate surface area is 121 Å². The Morgan fingerprint density at radius 3 is 2.89 bits per heavy atom. The van der Waals surface area contributed by atoms with Crippen LogP contribution < -0.4 is 5.32 Å². The molecule has 1 saturated carbocycles. The fraction of sp³-hybridized carbons (Fsp3) is 0.750. The molecule has 2 heterocycles. The van der Waals surface area contributed by atoms with Crippen molar-refractivity contribution in [2.24, 2.45) is 5.92 Å². The van der Waals surface area contributed by atoms with Gasteiger partial charge in [0.1, 0.15) is 0 Å². The first kappa shape index (κ1) is 13.6. The minimum atomic E-state index is 0.344. The molecule has 0 radical (unpaired) electrons. The first-order valence-corrected chi connectivity index (χ1v) is 8.56. The highest BCUT2D eigenvalue weighted by Crippen LogP contribution is 2.43. The lowest BCUT2D eigenvalue weighted by Gasteiger charge is -2.48. The zero-order valence-corrected chi connectivity index (χ0v) is 13.2. The molecule has 2 nitrogen and oxygen atoms in total. The molecule has 1 saturated heterocycles. The monoisotopic (exact) mass is 278 g/mol. The number of hydrogen-bond donors (Lipinski definition) is 1. The maximum atomic E-state index is 3.82. The highest BCUT2D eigenvalue weighted by molar-refractivity contribution is 7.10.